The molecule has 0 rings (SSSR count). The highest BCUT2D eigenvalue weighted by Crippen LogP contribution is 2.17. The van der Waals surface area contributed by atoms with Crippen molar-refractivity contribution in [3.05, 3.63) is 0 Å². The number of nitrogens with two attached hydrogens (primary N) is 1. The number of halogens is 1. The van der Waals surface area contributed by atoms with Crippen LogP contribution in [0.2, 0.25) is 0 Å². The second-order valence-electron chi connectivity index (χ2n) is 1.90. The Hall–Kier alpha value is -0.0400. The summed E-state index contributed by atoms with van der Waals surface area (Å²) in [5.41, 5.74) is 1.86. The van der Waals surface area contributed by atoms with E-state index in [2.05, 4.69) is 0 Å². The number of amides is 1. The van der Waals surface area contributed by atoms with Crippen molar-refractivity contribution in [3.63, 3.8) is 0 Å². The van der Waals surface area contributed by atoms with Crippen LogP contribution in [0.1, 0.15) is 13.8 Å². The highest BCUT2D eigenvalue weighted by atomic mass is 127. The molecule has 0 radical (unpaired) electrons. The van der Waals surface area contributed by atoms with Gasteiger partial charge in [0.2, 0.25) is 0 Å². The van der Waals surface area contributed by atoms with Gasteiger partial charge in [-0.05, 0) is 36.4 Å². The maximum atomic E-state index is 10.4. The first-order valence-corrected chi connectivity index (χ1v) is 3.42. The van der Waals surface area contributed by atoms with E-state index in [1.54, 1.807) is 13.8 Å². The molecule has 0 unspecified atom stereocenters. The number of alkyl halides is 1. The van der Waals surface area contributed by atoms with Crippen molar-refractivity contribution in [1.29, 1.82) is 0 Å². The fourth-order valence-electron chi connectivity index (χ4n) is 0.250. The number of hydrogen-bond acceptors (Lipinski definition) is 3. The molecule has 0 fully saturated rings. The molecule has 0 heterocycles. The van der Waals surface area contributed by atoms with E-state index in [0.717, 1.165) is 0 Å². The Labute approximate surface area is 67.2 Å². The van der Waals surface area contributed by atoms with Gasteiger partial charge in [0, 0.05) is 0 Å². The Morgan fingerprint density at radius 2 is 2.22 bits per heavy atom. The molecule has 54 valence electrons. The van der Waals surface area contributed by atoms with Crippen LogP contribution in [0, 0.1) is 0 Å². The minimum Gasteiger partial charge on any atom is -0.432 e. The summed E-state index contributed by atoms with van der Waals surface area (Å²) in [6.07, 6.45) is -0.616. The van der Waals surface area contributed by atoms with E-state index in [0.29, 0.717) is 0 Å². The van der Waals surface area contributed by atoms with E-state index in [-0.39, 0.29) is 0 Å². The van der Waals surface area contributed by atoms with E-state index in [1.165, 1.54) is 0 Å². The van der Waals surface area contributed by atoms with Gasteiger partial charge in [0.1, 0.15) is 0 Å². The molecule has 0 aromatic carbocycles. The summed E-state index contributed by atoms with van der Waals surface area (Å²) in [5.74, 6) is 4.75. The summed E-state index contributed by atoms with van der Waals surface area (Å²) in [4.78, 5) is 10.4. The first-order valence-electron chi connectivity index (χ1n) is 2.34. The molecular formula is C4H9IN2O2. The average Bonchev–Trinajstić information content (AvgIpc) is 1.62. The van der Waals surface area contributed by atoms with Gasteiger partial charge in [-0.25, -0.2) is 10.6 Å². The Balaban J connectivity index is 3.60. The van der Waals surface area contributed by atoms with Crippen molar-refractivity contribution in [3.8, 4) is 0 Å². The third-order valence-corrected chi connectivity index (χ3v) is 0.673. The lowest BCUT2D eigenvalue weighted by atomic mass is 10.5. The van der Waals surface area contributed by atoms with Gasteiger partial charge in [-0.2, -0.15) is 0 Å². The van der Waals surface area contributed by atoms with E-state index in [4.69, 9.17) is 10.6 Å². The molecule has 0 spiro atoms. The van der Waals surface area contributed by atoms with Gasteiger partial charge in [-0.1, -0.05) is 0 Å². The third-order valence-electron chi connectivity index (χ3n) is 0.453. The minimum atomic E-state index is -0.616. The van der Waals surface area contributed by atoms with Crippen LogP contribution >= 0.6 is 22.6 Å². The van der Waals surface area contributed by atoms with Crippen LogP contribution in [0.15, 0.2) is 0 Å². The molecule has 3 N–H and O–H groups in total. The maximum Gasteiger partial charge on any atom is 0.422 e. The van der Waals surface area contributed by atoms with Gasteiger partial charge in [-0.15, -0.1) is 0 Å². The first kappa shape index (κ1) is 8.96. The quantitative estimate of drug-likeness (QED) is 0.235. The molecular weight excluding hydrogens is 235 g/mol. The van der Waals surface area contributed by atoms with Crippen LogP contribution in [-0.4, -0.2) is 9.70 Å². The van der Waals surface area contributed by atoms with E-state index in [1.807, 2.05) is 28.0 Å². The zero-order valence-electron chi connectivity index (χ0n) is 5.27. The van der Waals surface area contributed by atoms with E-state index < -0.39 is 9.70 Å². The molecule has 0 bridgehead atoms. The van der Waals surface area contributed by atoms with Crippen LogP contribution in [0.4, 0.5) is 4.79 Å². The predicted molar refractivity (Wildman–Crippen MR) is 41.9 cm³/mol. The Kier molecular flexibility index (Phi) is 3.20. The Morgan fingerprint density at radius 3 is 2.33 bits per heavy atom. The number of ether oxygens (including phenoxy) is 1. The molecule has 0 aliphatic carbocycles. The van der Waals surface area contributed by atoms with Crippen molar-refractivity contribution in [1.82, 2.24) is 5.43 Å². The number of carbonyl (C=O) groups is 1. The molecule has 0 saturated carbocycles. The summed E-state index contributed by atoms with van der Waals surface area (Å²) < 4.78 is 4.20. The fraction of sp³-hybridized carbons (Fsp3) is 0.750. The minimum absolute atomic E-state index is 0.499. The average molecular weight is 244 g/mol. The van der Waals surface area contributed by atoms with Crippen LogP contribution in [0.5, 0.6) is 0 Å². The van der Waals surface area contributed by atoms with E-state index >= 15 is 0 Å². The topological polar surface area (TPSA) is 64.3 Å². The third kappa shape index (κ3) is 5.84. The highest BCUT2D eigenvalue weighted by molar-refractivity contribution is 14.1. The van der Waals surface area contributed by atoms with Gasteiger partial charge in [-0.3, -0.25) is 5.43 Å². The van der Waals surface area contributed by atoms with Gasteiger partial charge in [0.25, 0.3) is 0 Å². The van der Waals surface area contributed by atoms with Gasteiger partial charge in [0.15, 0.2) is 3.61 Å². The number of carbonyl (C=O) groups excluding carboxylic acids is 1. The molecule has 1 amide bonds. The molecule has 5 heteroatoms. The normalized spacial score (nSPS) is 10.7. The van der Waals surface area contributed by atoms with Gasteiger partial charge >= 0.3 is 6.09 Å². The highest BCUT2D eigenvalue weighted by Gasteiger charge is 2.16. The lowest BCUT2D eigenvalue weighted by molar-refractivity contribution is 0.107. The Bertz CT molecular complexity index is 110. The van der Waals surface area contributed by atoms with Crippen LogP contribution in [0.25, 0.3) is 0 Å². The van der Waals surface area contributed by atoms with Crippen LogP contribution in [-0.2, 0) is 4.74 Å². The van der Waals surface area contributed by atoms with Crippen molar-refractivity contribution in [2.75, 3.05) is 0 Å². The van der Waals surface area contributed by atoms with Crippen molar-refractivity contribution in [2.45, 2.75) is 17.5 Å². The lowest BCUT2D eigenvalue weighted by Gasteiger charge is -2.16. The lowest BCUT2D eigenvalue weighted by Crippen LogP contribution is -2.35. The Morgan fingerprint density at radius 1 is 1.78 bits per heavy atom. The summed E-state index contributed by atoms with van der Waals surface area (Å²) in [6.45, 7) is 3.51. The summed E-state index contributed by atoms with van der Waals surface area (Å²) >= 11 is 1.98. The molecule has 0 aliphatic rings. The zero-order valence-corrected chi connectivity index (χ0v) is 7.43. The molecule has 0 atom stereocenters. The van der Waals surface area contributed by atoms with E-state index in [9.17, 15) is 4.79 Å². The second kappa shape index (κ2) is 3.21. The van der Waals surface area contributed by atoms with Gasteiger partial charge < -0.3 is 4.74 Å². The summed E-state index contributed by atoms with van der Waals surface area (Å²) in [6, 6.07) is 0. The molecule has 4 nitrogen and oxygen atoms in total. The molecule has 0 aromatic heterocycles. The molecule has 0 saturated heterocycles. The van der Waals surface area contributed by atoms with Crippen molar-refractivity contribution >= 4 is 28.7 Å². The number of hydrazine groups is 1. The van der Waals surface area contributed by atoms with Gasteiger partial charge in [0.05, 0.1) is 0 Å². The number of rotatable bonds is 1. The number of nitrogens with one attached hydrogen (secondary N) is 1. The van der Waals surface area contributed by atoms with Crippen LogP contribution in [0.3, 0.4) is 0 Å². The zero-order chi connectivity index (χ0) is 7.49. The van der Waals surface area contributed by atoms with Crippen molar-refractivity contribution < 1.29 is 9.53 Å². The van der Waals surface area contributed by atoms with Crippen molar-refractivity contribution in [2.24, 2.45) is 5.84 Å². The smallest absolute Gasteiger partial charge is 0.422 e. The molecule has 0 aromatic rings. The van der Waals surface area contributed by atoms with Crippen LogP contribution < -0.4 is 11.3 Å². The maximum absolute atomic E-state index is 10.4. The first-order chi connectivity index (χ1) is 3.95. The standard InChI is InChI=1S/C4H9IN2O2/c1-4(2,5)9-3(8)7-6/h6H2,1-2H3,(H,7,8). The fourth-order valence-corrected chi connectivity index (χ4v) is 0.450. The predicted octanol–water partition coefficient (Wildman–Crippen LogP) is 0.757. The monoisotopic (exact) mass is 244 g/mol. The second-order valence-corrected chi connectivity index (χ2v) is 4.50. The number of hydrogen-bond donors (Lipinski definition) is 2. The summed E-state index contributed by atoms with van der Waals surface area (Å²) in [5, 5.41) is 0. The SMILES string of the molecule is CC(C)(I)OC(=O)NN. The molecule has 0 aliphatic heterocycles. The summed E-state index contributed by atoms with van der Waals surface area (Å²) in [7, 11) is 0. The molecule has 9 heavy (non-hydrogen) atoms. The largest absolute Gasteiger partial charge is 0.432 e.